The Bertz CT molecular complexity index is 887. The summed E-state index contributed by atoms with van der Waals surface area (Å²) in [7, 11) is 3.07. The minimum Gasteiger partial charge on any atom is -0.280 e. The van der Waals surface area contributed by atoms with E-state index in [2.05, 4.69) is 15.9 Å². The molecular formula is C14H14N4O2S. The molecule has 0 aromatic carbocycles. The van der Waals surface area contributed by atoms with Gasteiger partial charge in [-0.2, -0.15) is 0 Å². The summed E-state index contributed by atoms with van der Waals surface area (Å²) in [4.78, 5) is 33.4. The monoisotopic (exact) mass is 302 g/mol. The summed E-state index contributed by atoms with van der Waals surface area (Å²) in [5.74, 6) is 3.98. The summed E-state index contributed by atoms with van der Waals surface area (Å²) in [6.45, 7) is 0. The fraction of sp³-hybridized carbons (Fsp3) is 0.429. The Balaban J connectivity index is 2.39. The normalized spacial score (nSPS) is 14.3. The number of fused-ring (bicyclic) bond motifs is 1. The zero-order chi connectivity index (χ0) is 15.1. The van der Waals surface area contributed by atoms with Crippen molar-refractivity contribution >= 4 is 22.8 Å². The average Bonchev–Trinajstić information content (AvgIpc) is 3.32. The van der Waals surface area contributed by atoms with E-state index in [0.29, 0.717) is 33.6 Å². The summed E-state index contributed by atoms with van der Waals surface area (Å²) in [5.41, 5.74) is -0.379. The zero-order valence-corrected chi connectivity index (χ0v) is 12.6. The minimum absolute atomic E-state index is 0.332. The van der Waals surface area contributed by atoms with Crippen LogP contribution in [0, 0.1) is 12.3 Å². The molecule has 0 bridgehead atoms. The van der Waals surface area contributed by atoms with E-state index in [0.717, 1.165) is 17.4 Å². The number of terminal acetylenes is 1. The van der Waals surface area contributed by atoms with Crippen LogP contribution in [-0.4, -0.2) is 24.9 Å². The van der Waals surface area contributed by atoms with Crippen LogP contribution in [0.2, 0.25) is 0 Å². The second-order valence-corrected chi connectivity index (χ2v) is 6.02. The number of nitrogens with zero attached hydrogens (tertiary/aromatic N) is 4. The van der Waals surface area contributed by atoms with Crippen LogP contribution < -0.4 is 11.2 Å². The van der Waals surface area contributed by atoms with E-state index >= 15 is 0 Å². The van der Waals surface area contributed by atoms with Crippen molar-refractivity contribution in [3.63, 3.8) is 0 Å². The van der Waals surface area contributed by atoms with Crippen molar-refractivity contribution in [2.24, 2.45) is 14.1 Å². The molecule has 0 aliphatic heterocycles. The van der Waals surface area contributed by atoms with Crippen LogP contribution in [0.4, 0.5) is 0 Å². The molecule has 6 nitrogen and oxygen atoms in total. The topological polar surface area (TPSA) is 69.8 Å². The lowest BCUT2D eigenvalue weighted by Gasteiger charge is -2.10. The first-order valence-electron chi connectivity index (χ1n) is 6.58. The first kappa shape index (κ1) is 13.9. The average molecular weight is 302 g/mol. The van der Waals surface area contributed by atoms with Gasteiger partial charge in [-0.05, 0) is 12.8 Å². The lowest BCUT2D eigenvalue weighted by molar-refractivity contribution is 0.698. The van der Waals surface area contributed by atoms with Gasteiger partial charge in [-0.1, -0.05) is 17.7 Å². The number of hydrogen-bond donors (Lipinski definition) is 0. The number of aromatic nitrogens is 4. The highest BCUT2D eigenvalue weighted by atomic mass is 32.2. The highest BCUT2D eigenvalue weighted by molar-refractivity contribution is 7.99. The predicted molar refractivity (Wildman–Crippen MR) is 81.6 cm³/mol. The number of hydrogen-bond acceptors (Lipinski definition) is 5. The van der Waals surface area contributed by atoms with Gasteiger partial charge in [0.15, 0.2) is 5.65 Å². The Morgan fingerprint density at radius 2 is 2.00 bits per heavy atom. The van der Waals surface area contributed by atoms with E-state index in [1.54, 1.807) is 7.05 Å². The second-order valence-electron chi connectivity index (χ2n) is 5.06. The molecule has 1 aliphatic carbocycles. The van der Waals surface area contributed by atoms with Crippen molar-refractivity contribution in [3.8, 4) is 12.3 Å². The molecule has 1 saturated carbocycles. The van der Waals surface area contributed by atoms with Crippen LogP contribution >= 0.6 is 11.8 Å². The van der Waals surface area contributed by atoms with Gasteiger partial charge in [-0.25, -0.2) is 14.8 Å². The van der Waals surface area contributed by atoms with Gasteiger partial charge in [0.05, 0.1) is 5.75 Å². The molecule has 0 spiro atoms. The Kier molecular flexibility index (Phi) is 3.33. The molecule has 1 fully saturated rings. The molecule has 0 N–H and O–H groups in total. The molecule has 1 aliphatic rings. The fourth-order valence-electron chi connectivity index (χ4n) is 2.18. The van der Waals surface area contributed by atoms with E-state index in [9.17, 15) is 9.59 Å². The smallest absolute Gasteiger partial charge is 0.280 e. The molecule has 0 atom stereocenters. The van der Waals surface area contributed by atoms with Crippen molar-refractivity contribution in [1.82, 2.24) is 19.1 Å². The molecule has 0 unspecified atom stereocenters. The molecule has 0 saturated heterocycles. The first-order chi connectivity index (χ1) is 10.0. The van der Waals surface area contributed by atoms with Crippen LogP contribution in [0.5, 0.6) is 0 Å². The van der Waals surface area contributed by atoms with E-state index < -0.39 is 0 Å². The lowest BCUT2D eigenvalue weighted by atomic mass is 10.3. The van der Waals surface area contributed by atoms with Crippen LogP contribution in [0.15, 0.2) is 14.6 Å². The molecule has 0 amide bonds. The first-order valence-corrected chi connectivity index (χ1v) is 7.57. The second kappa shape index (κ2) is 5.04. The molecule has 2 aromatic rings. The predicted octanol–water partition coefficient (Wildman–Crippen LogP) is 0.630. The number of rotatable bonds is 3. The van der Waals surface area contributed by atoms with Gasteiger partial charge in [0.1, 0.15) is 16.2 Å². The largest absolute Gasteiger partial charge is 0.332 e. The van der Waals surface area contributed by atoms with E-state index in [1.165, 1.54) is 23.4 Å². The Hall–Kier alpha value is -2.07. The number of thioether (sulfide) groups is 1. The van der Waals surface area contributed by atoms with Crippen LogP contribution in [0.25, 0.3) is 11.0 Å². The highest BCUT2D eigenvalue weighted by Crippen LogP contribution is 2.39. The van der Waals surface area contributed by atoms with E-state index in [4.69, 9.17) is 6.42 Å². The molecule has 2 aromatic heterocycles. The maximum absolute atomic E-state index is 12.4. The molecule has 7 heteroatoms. The third kappa shape index (κ3) is 2.25. The summed E-state index contributed by atoms with van der Waals surface area (Å²) >= 11 is 1.33. The van der Waals surface area contributed by atoms with Crippen molar-refractivity contribution in [2.75, 3.05) is 5.75 Å². The van der Waals surface area contributed by atoms with Gasteiger partial charge in [0.2, 0.25) is 0 Å². The Morgan fingerprint density at radius 3 is 2.62 bits per heavy atom. The minimum atomic E-state index is -0.388. The van der Waals surface area contributed by atoms with Gasteiger partial charge in [0, 0.05) is 20.0 Å². The van der Waals surface area contributed by atoms with Crippen LogP contribution in [0.3, 0.4) is 0 Å². The number of aryl methyl sites for hydroxylation is 1. The van der Waals surface area contributed by atoms with Crippen LogP contribution in [0.1, 0.15) is 24.6 Å². The summed E-state index contributed by atoms with van der Waals surface area (Å²) in [5, 5.41) is 0.931. The third-order valence-electron chi connectivity index (χ3n) is 3.52. The maximum atomic E-state index is 12.4. The van der Waals surface area contributed by atoms with Gasteiger partial charge in [-0.3, -0.25) is 13.9 Å². The van der Waals surface area contributed by atoms with E-state index in [-0.39, 0.29) is 11.2 Å². The summed E-state index contributed by atoms with van der Waals surface area (Å²) < 4.78 is 2.46. The molecule has 2 heterocycles. The fourth-order valence-corrected chi connectivity index (χ4v) is 2.88. The summed E-state index contributed by atoms with van der Waals surface area (Å²) in [6.07, 6.45) is 7.39. The molecule has 0 radical (unpaired) electrons. The Labute approximate surface area is 125 Å². The highest BCUT2D eigenvalue weighted by Gasteiger charge is 2.29. The van der Waals surface area contributed by atoms with Gasteiger partial charge in [0.25, 0.3) is 5.56 Å². The quantitative estimate of drug-likeness (QED) is 0.472. The zero-order valence-electron chi connectivity index (χ0n) is 11.8. The maximum Gasteiger partial charge on any atom is 0.332 e. The molecular weight excluding hydrogens is 288 g/mol. The van der Waals surface area contributed by atoms with E-state index in [1.807, 2.05) is 0 Å². The van der Waals surface area contributed by atoms with Crippen LogP contribution in [-0.2, 0) is 14.1 Å². The standard InChI is InChI=1S/C14H14N4O2S/c1-4-7-21-12-9-11(15-10(16-12)8-5-6-8)17(2)14(20)18(3)13(9)19/h1,8H,5-7H2,2-3H3. The van der Waals surface area contributed by atoms with Gasteiger partial charge in [-0.15, -0.1) is 6.42 Å². The summed E-state index contributed by atoms with van der Waals surface area (Å²) in [6, 6.07) is 0. The van der Waals surface area contributed by atoms with Crippen molar-refractivity contribution < 1.29 is 0 Å². The Morgan fingerprint density at radius 1 is 1.29 bits per heavy atom. The SMILES string of the molecule is C#CCSc1nc(C2CC2)nc2c1c(=O)n(C)c(=O)n2C. The molecule has 3 rings (SSSR count). The van der Waals surface area contributed by atoms with Gasteiger partial charge >= 0.3 is 5.69 Å². The third-order valence-corrected chi connectivity index (χ3v) is 4.40. The molecule has 21 heavy (non-hydrogen) atoms. The van der Waals surface area contributed by atoms with Gasteiger partial charge < -0.3 is 0 Å². The van der Waals surface area contributed by atoms with Crippen molar-refractivity contribution in [2.45, 2.75) is 23.8 Å². The lowest BCUT2D eigenvalue weighted by Crippen LogP contribution is -2.37. The van der Waals surface area contributed by atoms with Crippen molar-refractivity contribution in [3.05, 3.63) is 26.7 Å². The molecule has 108 valence electrons. The van der Waals surface area contributed by atoms with Crippen molar-refractivity contribution in [1.29, 1.82) is 0 Å².